The first kappa shape index (κ1) is 13.8. The first-order chi connectivity index (χ1) is 8.85. The Labute approximate surface area is 117 Å². The van der Waals surface area contributed by atoms with E-state index in [0.29, 0.717) is 11.3 Å². The molecule has 0 aliphatic heterocycles. The van der Waals surface area contributed by atoms with Crippen LogP contribution in [-0.2, 0) is 11.3 Å². The highest BCUT2D eigenvalue weighted by molar-refractivity contribution is 7.71. The fourth-order valence-electron chi connectivity index (χ4n) is 2.24. The molecule has 1 amide bonds. The lowest BCUT2D eigenvalue weighted by atomic mass is 9.92. The van der Waals surface area contributed by atoms with Gasteiger partial charge in [-0.2, -0.15) is 0 Å². The molecule has 2 aromatic rings. The number of nitrogens with zero attached hydrogens (tertiary/aromatic N) is 1. The molecule has 1 aromatic heterocycles. The van der Waals surface area contributed by atoms with Gasteiger partial charge in [-0.3, -0.25) is 4.79 Å². The monoisotopic (exact) mass is 277 g/mol. The molecular formula is C14H19N3OS. The van der Waals surface area contributed by atoms with Crippen LogP contribution in [0, 0.1) is 17.1 Å². The Kier molecular flexibility index (Phi) is 3.49. The summed E-state index contributed by atoms with van der Waals surface area (Å²) in [5.74, 6) is 0.0101. The van der Waals surface area contributed by atoms with E-state index in [9.17, 15) is 4.79 Å². The number of rotatable bonds is 3. The second kappa shape index (κ2) is 4.81. The Morgan fingerprint density at radius 1 is 1.47 bits per heavy atom. The third kappa shape index (κ3) is 2.56. The van der Waals surface area contributed by atoms with E-state index >= 15 is 0 Å². The zero-order chi connectivity index (χ0) is 14.2. The van der Waals surface area contributed by atoms with E-state index in [-0.39, 0.29) is 5.91 Å². The van der Waals surface area contributed by atoms with E-state index in [1.807, 2.05) is 37.5 Å². The number of amides is 1. The molecule has 1 aromatic carbocycles. The number of imidazole rings is 1. The highest BCUT2D eigenvalue weighted by Crippen LogP contribution is 2.23. The number of H-pyrrole nitrogens is 1. The molecule has 102 valence electrons. The van der Waals surface area contributed by atoms with Crippen LogP contribution < -0.4 is 5.32 Å². The van der Waals surface area contributed by atoms with Crippen molar-refractivity contribution in [3.8, 4) is 0 Å². The minimum atomic E-state index is -0.507. The Balaban J connectivity index is 2.49. The molecule has 0 aliphatic rings. The van der Waals surface area contributed by atoms with Gasteiger partial charge in [0.25, 0.3) is 0 Å². The maximum atomic E-state index is 11.9. The Morgan fingerprint density at radius 3 is 2.79 bits per heavy atom. The number of nitrogens with one attached hydrogen (secondary N) is 2. The molecule has 1 heterocycles. The molecule has 5 heteroatoms. The SMILES string of the molecule is CNC(=O)C(C)(C)Cn1c(=S)[nH]c2cc(C)ccc21. The van der Waals surface area contributed by atoms with E-state index in [2.05, 4.69) is 16.4 Å². The number of fused-ring (bicyclic) bond motifs is 1. The normalized spacial score (nSPS) is 11.8. The second-order valence-corrected chi connectivity index (χ2v) is 5.89. The van der Waals surface area contributed by atoms with E-state index in [4.69, 9.17) is 12.2 Å². The lowest BCUT2D eigenvalue weighted by molar-refractivity contribution is -0.129. The first-order valence-corrected chi connectivity index (χ1v) is 6.67. The van der Waals surface area contributed by atoms with E-state index in [1.54, 1.807) is 7.05 Å². The lowest BCUT2D eigenvalue weighted by Crippen LogP contribution is -2.37. The van der Waals surface area contributed by atoms with Crippen molar-refractivity contribution in [2.24, 2.45) is 5.41 Å². The average molecular weight is 277 g/mol. The van der Waals surface area contributed by atoms with Gasteiger partial charge in [0.1, 0.15) is 0 Å². The topological polar surface area (TPSA) is 49.8 Å². The number of carbonyl (C=O) groups excluding carboxylic acids is 1. The zero-order valence-corrected chi connectivity index (χ0v) is 12.5. The van der Waals surface area contributed by atoms with Crippen LogP contribution in [0.1, 0.15) is 19.4 Å². The Morgan fingerprint density at radius 2 is 2.16 bits per heavy atom. The number of aromatic amines is 1. The fraction of sp³-hybridized carbons (Fsp3) is 0.429. The van der Waals surface area contributed by atoms with Crippen molar-refractivity contribution in [3.05, 3.63) is 28.5 Å². The van der Waals surface area contributed by atoms with Crippen LogP contribution in [-0.4, -0.2) is 22.5 Å². The molecule has 0 fully saturated rings. The van der Waals surface area contributed by atoms with Crippen molar-refractivity contribution in [1.29, 1.82) is 0 Å². The van der Waals surface area contributed by atoms with Crippen LogP contribution in [0.15, 0.2) is 18.2 Å². The van der Waals surface area contributed by atoms with Crippen LogP contribution in [0.2, 0.25) is 0 Å². The van der Waals surface area contributed by atoms with Gasteiger partial charge in [0.15, 0.2) is 4.77 Å². The third-order valence-electron chi connectivity index (χ3n) is 3.32. The van der Waals surface area contributed by atoms with Gasteiger partial charge in [0.05, 0.1) is 16.4 Å². The minimum Gasteiger partial charge on any atom is -0.359 e. The second-order valence-electron chi connectivity index (χ2n) is 5.50. The molecule has 2 N–H and O–H groups in total. The molecular weight excluding hydrogens is 258 g/mol. The van der Waals surface area contributed by atoms with Gasteiger partial charge < -0.3 is 14.9 Å². The standard InChI is InChI=1S/C14H19N3OS/c1-9-5-6-11-10(7-9)16-13(19)17(11)8-14(2,3)12(18)15-4/h5-7H,8H2,1-4H3,(H,15,18)(H,16,19). The van der Waals surface area contributed by atoms with Gasteiger partial charge in [0.2, 0.25) is 5.91 Å². The molecule has 2 rings (SSSR count). The Bertz CT molecular complexity index is 682. The summed E-state index contributed by atoms with van der Waals surface area (Å²) in [7, 11) is 1.65. The molecule has 0 saturated heterocycles. The summed E-state index contributed by atoms with van der Waals surface area (Å²) in [4.78, 5) is 15.1. The van der Waals surface area contributed by atoms with Gasteiger partial charge in [-0.05, 0) is 50.7 Å². The summed E-state index contributed by atoms with van der Waals surface area (Å²) >= 11 is 5.36. The van der Waals surface area contributed by atoms with Gasteiger partial charge in [-0.1, -0.05) is 6.07 Å². The van der Waals surface area contributed by atoms with Crippen LogP contribution in [0.5, 0.6) is 0 Å². The van der Waals surface area contributed by atoms with Crippen molar-refractivity contribution < 1.29 is 4.79 Å². The van der Waals surface area contributed by atoms with Crippen molar-refractivity contribution >= 4 is 29.2 Å². The van der Waals surface area contributed by atoms with Gasteiger partial charge >= 0.3 is 0 Å². The van der Waals surface area contributed by atoms with Gasteiger partial charge in [0, 0.05) is 13.6 Å². The minimum absolute atomic E-state index is 0.0101. The number of aryl methyl sites for hydroxylation is 1. The van der Waals surface area contributed by atoms with Crippen LogP contribution in [0.4, 0.5) is 0 Å². The Hall–Kier alpha value is -1.62. The molecule has 0 saturated carbocycles. The molecule has 0 atom stereocenters. The van der Waals surface area contributed by atoms with Crippen molar-refractivity contribution in [2.75, 3.05) is 7.05 Å². The number of hydrogen-bond acceptors (Lipinski definition) is 2. The zero-order valence-electron chi connectivity index (χ0n) is 11.7. The summed E-state index contributed by atoms with van der Waals surface area (Å²) in [6.45, 7) is 6.43. The largest absolute Gasteiger partial charge is 0.359 e. The highest BCUT2D eigenvalue weighted by Gasteiger charge is 2.28. The highest BCUT2D eigenvalue weighted by atomic mass is 32.1. The molecule has 0 aliphatic carbocycles. The van der Waals surface area contributed by atoms with Crippen LogP contribution >= 0.6 is 12.2 Å². The summed E-state index contributed by atoms with van der Waals surface area (Å²) in [6.07, 6.45) is 0. The molecule has 0 spiro atoms. The third-order valence-corrected chi connectivity index (χ3v) is 3.65. The van der Waals surface area contributed by atoms with Crippen molar-refractivity contribution in [3.63, 3.8) is 0 Å². The maximum absolute atomic E-state index is 11.9. The quantitative estimate of drug-likeness (QED) is 0.848. The predicted octanol–water partition coefficient (Wildman–Crippen LogP) is 2.78. The van der Waals surface area contributed by atoms with E-state index in [1.165, 1.54) is 5.56 Å². The van der Waals surface area contributed by atoms with E-state index in [0.717, 1.165) is 11.0 Å². The fourth-order valence-corrected chi connectivity index (χ4v) is 2.51. The van der Waals surface area contributed by atoms with Crippen LogP contribution in [0.25, 0.3) is 11.0 Å². The summed E-state index contributed by atoms with van der Waals surface area (Å²) in [5, 5.41) is 2.70. The first-order valence-electron chi connectivity index (χ1n) is 6.26. The molecule has 4 nitrogen and oxygen atoms in total. The molecule has 0 radical (unpaired) electrons. The molecule has 0 unspecified atom stereocenters. The van der Waals surface area contributed by atoms with Crippen LogP contribution in [0.3, 0.4) is 0 Å². The number of benzene rings is 1. The van der Waals surface area contributed by atoms with Crippen molar-refractivity contribution in [2.45, 2.75) is 27.3 Å². The number of hydrogen-bond donors (Lipinski definition) is 2. The molecule has 0 bridgehead atoms. The van der Waals surface area contributed by atoms with Gasteiger partial charge in [-0.25, -0.2) is 0 Å². The van der Waals surface area contributed by atoms with Gasteiger partial charge in [-0.15, -0.1) is 0 Å². The number of aromatic nitrogens is 2. The number of carbonyl (C=O) groups is 1. The summed E-state index contributed by atoms with van der Waals surface area (Å²) < 4.78 is 2.64. The van der Waals surface area contributed by atoms with Crippen molar-refractivity contribution in [1.82, 2.24) is 14.9 Å². The summed E-state index contributed by atoms with van der Waals surface area (Å²) in [5.41, 5.74) is 2.72. The lowest BCUT2D eigenvalue weighted by Gasteiger charge is -2.23. The summed E-state index contributed by atoms with van der Waals surface area (Å²) in [6, 6.07) is 6.15. The van der Waals surface area contributed by atoms with E-state index < -0.39 is 5.41 Å². The average Bonchev–Trinajstić information content (AvgIpc) is 2.63. The predicted molar refractivity (Wildman–Crippen MR) is 79.7 cm³/mol. The molecule has 19 heavy (non-hydrogen) atoms. The maximum Gasteiger partial charge on any atom is 0.227 e. The smallest absolute Gasteiger partial charge is 0.227 e.